The zero-order chi connectivity index (χ0) is 25.5. The number of carbonyl (C=O) groups excluding carboxylic acids is 2. The van der Waals surface area contributed by atoms with Crippen molar-refractivity contribution in [3.8, 4) is 0 Å². The molecular formula is C28H27Cl2NO5. The molecule has 1 unspecified atom stereocenters. The molecule has 1 saturated carbocycles. The number of ketones is 1. The molecule has 36 heavy (non-hydrogen) atoms. The summed E-state index contributed by atoms with van der Waals surface area (Å²) in [5.41, 5.74) is -2.65. The van der Waals surface area contributed by atoms with Gasteiger partial charge in [-0.1, -0.05) is 54.4 Å². The van der Waals surface area contributed by atoms with Gasteiger partial charge in [-0.2, -0.15) is 0 Å². The van der Waals surface area contributed by atoms with Gasteiger partial charge in [-0.05, 0) is 62.1 Å². The molecule has 2 aromatic carbocycles. The molecule has 4 aliphatic rings. The van der Waals surface area contributed by atoms with Crippen LogP contribution in [0, 0.1) is 17.3 Å². The van der Waals surface area contributed by atoms with Gasteiger partial charge in [-0.15, -0.1) is 0 Å². The summed E-state index contributed by atoms with van der Waals surface area (Å²) in [6.07, 6.45) is 3.59. The summed E-state index contributed by atoms with van der Waals surface area (Å²) in [6, 6.07) is 14.3. The zero-order valence-corrected chi connectivity index (χ0v) is 21.5. The molecule has 0 bridgehead atoms. The Morgan fingerprint density at radius 2 is 1.72 bits per heavy atom. The first-order chi connectivity index (χ1) is 17.1. The van der Waals surface area contributed by atoms with Crippen LogP contribution in [0.15, 0.2) is 60.7 Å². The number of carbonyl (C=O) groups is 2. The molecule has 8 heteroatoms. The third kappa shape index (κ3) is 2.99. The monoisotopic (exact) mass is 527 g/mol. The Bertz CT molecular complexity index is 1260. The second-order valence-corrected chi connectivity index (χ2v) is 11.4. The summed E-state index contributed by atoms with van der Waals surface area (Å²) < 4.78 is 6.04. The van der Waals surface area contributed by atoms with Crippen LogP contribution in [-0.4, -0.2) is 34.2 Å². The van der Waals surface area contributed by atoms with E-state index in [1.807, 2.05) is 37.3 Å². The third-order valence-corrected chi connectivity index (χ3v) is 9.65. The Kier molecular flexibility index (Phi) is 5.37. The van der Waals surface area contributed by atoms with Gasteiger partial charge in [0.2, 0.25) is 5.60 Å². The van der Waals surface area contributed by atoms with Crippen molar-refractivity contribution < 1.29 is 24.3 Å². The highest BCUT2D eigenvalue weighted by Gasteiger charge is 2.74. The summed E-state index contributed by atoms with van der Waals surface area (Å²) >= 11 is 13.3. The number of fused-ring (bicyclic) bond motifs is 4. The van der Waals surface area contributed by atoms with Crippen LogP contribution in [0.1, 0.15) is 44.7 Å². The Hall–Kier alpha value is -2.38. The van der Waals surface area contributed by atoms with Gasteiger partial charge in [0.05, 0.1) is 17.1 Å². The van der Waals surface area contributed by atoms with Crippen molar-refractivity contribution in [3.63, 3.8) is 0 Å². The Morgan fingerprint density at radius 3 is 2.42 bits per heavy atom. The normalized spacial score (nSPS) is 39.3. The van der Waals surface area contributed by atoms with Crippen LogP contribution >= 0.6 is 23.2 Å². The van der Waals surface area contributed by atoms with Gasteiger partial charge in [0, 0.05) is 27.9 Å². The lowest BCUT2D eigenvalue weighted by atomic mass is 9.63. The molecule has 2 heterocycles. The van der Waals surface area contributed by atoms with E-state index in [1.54, 1.807) is 36.3 Å². The fourth-order valence-electron chi connectivity index (χ4n) is 6.88. The molecule has 6 nitrogen and oxygen atoms in total. The molecular weight excluding hydrogens is 501 g/mol. The second-order valence-electron chi connectivity index (χ2n) is 10.6. The number of allylic oxidation sites excluding steroid dienone is 1. The molecule has 7 atom stereocenters. The van der Waals surface area contributed by atoms with Crippen LogP contribution < -0.4 is 5.06 Å². The topological polar surface area (TPSA) is 76.1 Å². The zero-order valence-electron chi connectivity index (χ0n) is 20.0. The minimum Gasteiger partial charge on any atom is -0.459 e. The molecule has 0 amide bonds. The number of benzene rings is 2. The van der Waals surface area contributed by atoms with Gasteiger partial charge in [-0.25, -0.2) is 9.86 Å². The van der Waals surface area contributed by atoms with Gasteiger partial charge in [-0.3, -0.25) is 9.63 Å². The number of rotatable bonds is 2. The fourth-order valence-corrected chi connectivity index (χ4v) is 7.53. The maximum Gasteiger partial charge on any atom is 0.342 e. The maximum absolute atomic E-state index is 13.8. The van der Waals surface area contributed by atoms with E-state index in [4.69, 9.17) is 32.8 Å². The summed E-state index contributed by atoms with van der Waals surface area (Å²) in [7, 11) is 0. The average Bonchev–Trinajstić information content (AvgIpc) is 3.44. The highest BCUT2D eigenvalue weighted by molar-refractivity contribution is 6.36. The first-order valence-electron chi connectivity index (χ1n) is 12.3. The molecule has 3 fully saturated rings. The lowest BCUT2D eigenvalue weighted by Gasteiger charge is -2.43. The van der Waals surface area contributed by atoms with E-state index in [2.05, 4.69) is 0 Å². The van der Waals surface area contributed by atoms with Gasteiger partial charge in [0.25, 0.3) is 0 Å². The molecule has 2 saturated heterocycles. The Balaban J connectivity index is 1.49. The number of hydroxylamine groups is 1. The predicted octanol–water partition coefficient (Wildman–Crippen LogP) is 5.46. The largest absolute Gasteiger partial charge is 0.459 e. The van der Waals surface area contributed by atoms with E-state index < -0.39 is 40.7 Å². The predicted molar refractivity (Wildman–Crippen MR) is 136 cm³/mol. The summed E-state index contributed by atoms with van der Waals surface area (Å²) in [5.74, 6) is -1.41. The highest BCUT2D eigenvalue weighted by Crippen LogP contribution is 2.62. The van der Waals surface area contributed by atoms with Crippen LogP contribution in [0.25, 0.3) is 0 Å². The van der Waals surface area contributed by atoms with Gasteiger partial charge >= 0.3 is 5.97 Å². The maximum atomic E-state index is 13.8. The first kappa shape index (κ1) is 24.0. The number of hydrogen-bond donors (Lipinski definition) is 1. The van der Waals surface area contributed by atoms with Crippen LogP contribution in [-0.2, 0) is 19.2 Å². The van der Waals surface area contributed by atoms with E-state index in [9.17, 15) is 14.7 Å². The minimum absolute atomic E-state index is 0.202. The molecule has 188 valence electrons. The number of esters is 1. The number of aliphatic hydroxyl groups is 1. The number of hydrogen-bond acceptors (Lipinski definition) is 6. The molecule has 1 N–H and O–H groups in total. The van der Waals surface area contributed by atoms with Crippen LogP contribution in [0.4, 0.5) is 5.69 Å². The van der Waals surface area contributed by atoms with Crippen molar-refractivity contribution in [1.82, 2.24) is 0 Å². The van der Waals surface area contributed by atoms with Crippen molar-refractivity contribution in [1.29, 1.82) is 0 Å². The molecule has 2 aromatic rings. The fraction of sp³-hybridized carbons (Fsp3) is 0.429. The van der Waals surface area contributed by atoms with Crippen LogP contribution in [0.5, 0.6) is 0 Å². The first-order valence-corrected chi connectivity index (χ1v) is 13.0. The molecule has 1 spiro atoms. The molecule has 2 aliphatic heterocycles. The van der Waals surface area contributed by atoms with E-state index in [0.717, 1.165) is 5.69 Å². The van der Waals surface area contributed by atoms with Crippen molar-refractivity contribution >= 4 is 40.6 Å². The van der Waals surface area contributed by atoms with Crippen LogP contribution in [0.2, 0.25) is 10.0 Å². The van der Waals surface area contributed by atoms with Gasteiger partial charge in [0.1, 0.15) is 11.7 Å². The number of para-hydroxylation sites is 1. The number of ether oxygens (including phenoxy) is 1. The Morgan fingerprint density at radius 1 is 1.03 bits per heavy atom. The van der Waals surface area contributed by atoms with Gasteiger partial charge < -0.3 is 9.84 Å². The van der Waals surface area contributed by atoms with Crippen molar-refractivity contribution in [2.24, 2.45) is 17.3 Å². The quantitative estimate of drug-likeness (QED) is 0.522. The second kappa shape index (κ2) is 8.06. The lowest BCUT2D eigenvalue weighted by Crippen LogP contribution is -2.57. The van der Waals surface area contributed by atoms with Gasteiger partial charge in [0.15, 0.2) is 5.78 Å². The van der Waals surface area contributed by atoms with E-state index in [-0.39, 0.29) is 18.1 Å². The lowest BCUT2D eigenvalue weighted by molar-refractivity contribution is -0.169. The van der Waals surface area contributed by atoms with E-state index in [0.29, 0.717) is 28.5 Å². The van der Waals surface area contributed by atoms with Crippen molar-refractivity contribution in [2.75, 3.05) is 5.06 Å². The third-order valence-electron chi connectivity index (χ3n) is 8.99. The van der Waals surface area contributed by atoms with E-state index >= 15 is 0 Å². The summed E-state index contributed by atoms with van der Waals surface area (Å²) in [6.45, 7) is 3.66. The molecule has 6 rings (SSSR count). The smallest absolute Gasteiger partial charge is 0.342 e. The summed E-state index contributed by atoms with van der Waals surface area (Å²) in [5, 5.41) is 14.4. The van der Waals surface area contributed by atoms with Crippen molar-refractivity contribution in [2.45, 2.75) is 56.5 Å². The highest BCUT2D eigenvalue weighted by atomic mass is 35.5. The molecule has 2 aliphatic carbocycles. The van der Waals surface area contributed by atoms with E-state index in [1.165, 1.54) is 6.08 Å². The number of nitrogens with zero attached hydrogens (tertiary/aromatic N) is 1. The van der Waals surface area contributed by atoms with Crippen molar-refractivity contribution in [3.05, 3.63) is 76.3 Å². The average molecular weight is 528 g/mol. The molecule has 0 radical (unpaired) electrons. The molecule has 0 aromatic heterocycles. The SMILES string of the molecule is C[C@H]1CC[C@@H]2[C@@H](OC(=O)C23C[C@@H](c2c(Cl)cccc2Cl)N(c2ccccc2)O3)[C@]2(C)C(=O)C=C[C@@]12O. The number of halogens is 2. The minimum atomic E-state index is -1.40. The number of anilines is 1. The Labute approximate surface area is 219 Å². The van der Waals surface area contributed by atoms with Crippen LogP contribution in [0.3, 0.4) is 0 Å². The standard InChI is InChI=1S/C28H27Cl2NO5/c1-16-11-12-18-24(26(2)22(32)13-14-28(16,26)34)35-25(33)27(18)15-21(23-19(29)9-6-10-20(23)30)31(36-27)17-7-4-3-5-8-17/h3-10,13-14,16,18,21,24,34H,11-12,15H2,1-2H3/t16-,18+,21-,24+,26-,27?,28+/m0/s1. The summed E-state index contributed by atoms with van der Waals surface area (Å²) in [4.78, 5) is 33.6.